The number of amides is 1. The molecule has 0 atom stereocenters. The molecular formula is C13H17KN3O2-. The van der Waals surface area contributed by atoms with Gasteiger partial charge in [-0.3, -0.25) is 11.1 Å². The zero-order chi connectivity index (χ0) is 13.8. The number of nitrogens with zero attached hydrogens (tertiary/aromatic N) is 2. The van der Waals surface area contributed by atoms with Crippen LogP contribution in [0.2, 0.25) is 0 Å². The van der Waals surface area contributed by atoms with E-state index in [2.05, 4.69) is 12.3 Å². The first-order valence-corrected chi connectivity index (χ1v) is 5.69. The minimum atomic E-state index is -0.532. The van der Waals surface area contributed by atoms with Gasteiger partial charge in [-0.1, -0.05) is 0 Å². The van der Waals surface area contributed by atoms with Gasteiger partial charge in [-0.25, -0.2) is 4.79 Å². The molecule has 0 saturated heterocycles. The van der Waals surface area contributed by atoms with Crippen LogP contribution in [-0.2, 0) is 4.74 Å². The van der Waals surface area contributed by atoms with Gasteiger partial charge >= 0.3 is 57.5 Å². The van der Waals surface area contributed by atoms with E-state index in [1.54, 1.807) is 0 Å². The molecule has 5 nitrogen and oxygen atoms in total. The Labute approximate surface area is 156 Å². The summed E-state index contributed by atoms with van der Waals surface area (Å²) in [6.45, 7) is 6.24. The molecule has 98 valence electrons. The summed E-state index contributed by atoms with van der Waals surface area (Å²) in [4.78, 5) is 13.4. The molecule has 0 aromatic carbocycles. The molecule has 6 heteroatoms. The van der Waals surface area contributed by atoms with Crippen LogP contribution in [0.5, 0.6) is 0 Å². The van der Waals surface area contributed by atoms with Gasteiger partial charge < -0.3 is 26.7 Å². The minimum Gasteiger partial charge on any atom is -0.476 e. The summed E-state index contributed by atoms with van der Waals surface area (Å²) >= 11 is 0. The number of hydrogen-bond donors (Lipinski definition) is 1. The summed E-state index contributed by atoms with van der Waals surface area (Å²) in [7, 11) is 0. The van der Waals surface area contributed by atoms with Crippen LogP contribution < -0.4 is 57.1 Å². The first-order chi connectivity index (χ1) is 8.37. The van der Waals surface area contributed by atoms with Crippen LogP contribution in [0, 0.1) is 23.6 Å². The Kier molecular flexibility index (Phi) is 7.94. The number of carbonyl (C=O) groups is 1. The van der Waals surface area contributed by atoms with Crippen molar-refractivity contribution in [1.82, 2.24) is 4.90 Å². The molecule has 0 aromatic rings. The van der Waals surface area contributed by atoms with Gasteiger partial charge in [0.1, 0.15) is 5.60 Å². The Morgan fingerprint density at radius 2 is 2.21 bits per heavy atom. The molecule has 0 bridgehead atoms. The Morgan fingerprint density at radius 1 is 1.58 bits per heavy atom. The van der Waals surface area contributed by atoms with E-state index in [1.165, 1.54) is 4.90 Å². The maximum Gasteiger partial charge on any atom is 1.00 e. The summed E-state index contributed by atoms with van der Waals surface area (Å²) in [5.74, 6) is 0. The minimum absolute atomic E-state index is 0. The van der Waals surface area contributed by atoms with Crippen molar-refractivity contribution in [2.75, 3.05) is 13.1 Å². The quantitative estimate of drug-likeness (QED) is 0.276. The summed E-state index contributed by atoms with van der Waals surface area (Å²) < 4.78 is 5.27. The van der Waals surface area contributed by atoms with E-state index in [9.17, 15) is 4.79 Å². The van der Waals surface area contributed by atoms with Gasteiger partial charge in [-0.2, -0.15) is 12.3 Å². The predicted octanol–water partition coefficient (Wildman–Crippen LogP) is -1.47. The third kappa shape index (κ3) is 6.10. The van der Waals surface area contributed by atoms with Crippen LogP contribution in [0.1, 0.15) is 27.2 Å². The molecular weight excluding hydrogens is 269 g/mol. The van der Waals surface area contributed by atoms with Crippen molar-refractivity contribution >= 4 is 6.09 Å². The average molecular weight is 286 g/mol. The van der Waals surface area contributed by atoms with Gasteiger partial charge in [-0.05, 0) is 27.3 Å². The van der Waals surface area contributed by atoms with Crippen LogP contribution in [0.4, 0.5) is 4.79 Å². The average Bonchev–Trinajstić information content (AvgIpc) is 2.29. The second-order valence-corrected chi connectivity index (χ2v) is 4.94. The third-order valence-electron chi connectivity index (χ3n) is 2.28. The number of nitrogens with two attached hydrogens (primary N) is 1. The fourth-order valence-corrected chi connectivity index (χ4v) is 1.50. The standard InChI is InChI=1S/C13H17N3O2.K/c1-13(2,3)18-12(17)16-6-4-5-10(9-16)11(7-14)8-15;/h4,6,9,14H2,1-3H3;/q-2;+1. The molecule has 1 amide bonds. The summed E-state index contributed by atoms with van der Waals surface area (Å²) in [6, 6.07) is 1.93. The smallest absolute Gasteiger partial charge is 0.476 e. The van der Waals surface area contributed by atoms with Crippen molar-refractivity contribution in [3.05, 3.63) is 23.4 Å². The number of nitriles is 1. The fraction of sp³-hybridized carbons (Fsp3) is 0.538. The normalized spacial score (nSPS) is 16.0. The van der Waals surface area contributed by atoms with E-state index >= 15 is 0 Å². The molecule has 19 heavy (non-hydrogen) atoms. The largest absolute Gasteiger partial charge is 1.00 e. The van der Waals surface area contributed by atoms with Gasteiger partial charge in [0.25, 0.3) is 0 Å². The summed E-state index contributed by atoms with van der Waals surface area (Å²) in [5.41, 5.74) is 5.52. The molecule has 1 heterocycles. The number of hydrogen-bond acceptors (Lipinski definition) is 4. The maximum absolute atomic E-state index is 11.9. The van der Waals surface area contributed by atoms with Crippen LogP contribution in [-0.4, -0.2) is 29.7 Å². The molecule has 0 aromatic heterocycles. The molecule has 1 rings (SSSR count). The molecule has 0 spiro atoms. The zero-order valence-electron chi connectivity index (χ0n) is 11.9. The molecule has 0 fully saturated rings. The van der Waals surface area contributed by atoms with Crippen LogP contribution in [0.25, 0.3) is 0 Å². The molecule has 0 radical (unpaired) electrons. The molecule has 1 aliphatic heterocycles. The van der Waals surface area contributed by atoms with E-state index in [1.807, 2.05) is 26.8 Å². The Balaban J connectivity index is 0.00000324. The maximum atomic E-state index is 11.9. The summed E-state index contributed by atoms with van der Waals surface area (Å²) in [6.07, 6.45) is 5.50. The Bertz CT molecular complexity index is 430. The van der Waals surface area contributed by atoms with Gasteiger partial charge in [0.2, 0.25) is 0 Å². The first-order valence-electron chi connectivity index (χ1n) is 5.69. The molecule has 0 saturated carbocycles. The van der Waals surface area contributed by atoms with Crippen LogP contribution >= 0.6 is 0 Å². The fourth-order valence-electron chi connectivity index (χ4n) is 1.50. The SMILES string of the molecule is CC(C)(C)OC(=O)N1CC[C-]=C(C(C#N)=[C-]N)C1.[K+]. The van der Waals surface area contributed by atoms with Crippen molar-refractivity contribution in [2.45, 2.75) is 32.8 Å². The van der Waals surface area contributed by atoms with E-state index in [0.29, 0.717) is 18.5 Å². The van der Waals surface area contributed by atoms with Gasteiger partial charge in [-0.15, -0.1) is 6.42 Å². The zero-order valence-corrected chi connectivity index (χ0v) is 15.0. The number of ether oxygens (including phenoxy) is 1. The van der Waals surface area contributed by atoms with Gasteiger partial charge in [0.15, 0.2) is 0 Å². The molecule has 1 aliphatic rings. The van der Waals surface area contributed by atoms with Crippen molar-refractivity contribution in [3.63, 3.8) is 0 Å². The Hall–Kier alpha value is -0.324. The topological polar surface area (TPSA) is 79.3 Å². The van der Waals surface area contributed by atoms with Crippen LogP contribution in [0.15, 0.2) is 11.1 Å². The van der Waals surface area contributed by atoms with E-state index < -0.39 is 11.7 Å². The van der Waals surface area contributed by atoms with Crippen LogP contribution in [0.3, 0.4) is 0 Å². The van der Waals surface area contributed by atoms with Crippen molar-refractivity contribution in [2.24, 2.45) is 5.73 Å². The van der Waals surface area contributed by atoms with Gasteiger partial charge in [0.05, 0.1) is 0 Å². The Morgan fingerprint density at radius 3 is 2.68 bits per heavy atom. The van der Waals surface area contributed by atoms with Crippen molar-refractivity contribution in [1.29, 1.82) is 5.26 Å². The molecule has 0 aliphatic carbocycles. The monoisotopic (exact) mass is 286 g/mol. The molecule has 0 unspecified atom stereocenters. The van der Waals surface area contributed by atoms with Crippen molar-refractivity contribution < 1.29 is 60.9 Å². The van der Waals surface area contributed by atoms with Gasteiger partial charge in [0, 0.05) is 6.54 Å². The number of rotatable bonds is 1. The van der Waals surface area contributed by atoms with E-state index in [4.69, 9.17) is 15.7 Å². The van der Waals surface area contributed by atoms with E-state index in [0.717, 1.165) is 0 Å². The summed E-state index contributed by atoms with van der Waals surface area (Å²) in [5, 5.41) is 8.86. The number of carbonyl (C=O) groups excluding carboxylic acids is 1. The predicted molar refractivity (Wildman–Crippen MR) is 65.7 cm³/mol. The molecule has 2 N–H and O–H groups in total. The van der Waals surface area contributed by atoms with Crippen molar-refractivity contribution in [3.8, 4) is 6.07 Å². The second kappa shape index (κ2) is 8.07. The second-order valence-electron chi connectivity index (χ2n) is 4.94. The third-order valence-corrected chi connectivity index (χ3v) is 2.28. The first kappa shape index (κ1) is 18.7. The van der Waals surface area contributed by atoms with E-state index in [-0.39, 0.29) is 63.5 Å².